The maximum absolute atomic E-state index is 8.72. The van der Waals surface area contributed by atoms with Gasteiger partial charge in [0.1, 0.15) is 5.69 Å². The lowest BCUT2D eigenvalue weighted by Gasteiger charge is -2.21. The van der Waals surface area contributed by atoms with E-state index >= 15 is 0 Å². The van der Waals surface area contributed by atoms with Gasteiger partial charge in [-0.15, -0.1) is 0 Å². The van der Waals surface area contributed by atoms with E-state index in [9.17, 15) is 0 Å². The van der Waals surface area contributed by atoms with Crippen molar-refractivity contribution in [3.8, 4) is 0 Å². The molecular weight excluding hydrogens is 254 g/mol. The van der Waals surface area contributed by atoms with E-state index in [1.165, 1.54) is 6.42 Å². The van der Waals surface area contributed by atoms with Crippen molar-refractivity contribution >= 4 is 11.8 Å². The van der Waals surface area contributed by atoms with Gasteiger partial charge in [0.05, 0.1) is 0 Å². The molecular formula is C14H23N5O. The Morgan fingerprint density at radius 1 is 1.45 bits per heavy atom. The summed E-state index contributed by atoms with van der Waals surface area (Å²) >= 11 is 0. The zero-order valence-corrected chi connectivity index (χ0v) is 12.2. The van der Waals surface area contributed by atoms with E-state index in [1.54, 1.807) is 12.3 Å². The van der Waals surface area contributed by atoms with Crippen LogP contribution in [0, 0.1) is 11.8 Å². The number of hydrogen-bond acceptors (Lipinski definition) is 5. The molecule has 6 heteroatoms. The molecule has 0 aromatic carbocycles. The number of hydrogen-bond donors (Lipinski definition) is 2. The van der Waals surface area contributed by atoms with Gasteiger partial charge in [-0.2, -0.15) is 0 Å². The van der Waals surface area contributed by atoms with E-state index in [1.807, 2.05) is 0 Å². The van der Waals surface area contributed by atoms with Crippen molar-refractivity contribution < 1.29 is 5.21 Å². The first-order valence-corrected chi connectivity index (χ1v) is 7.17. The van der Waals surface area contributed by atoms with E-state index in [2.05, 4.69) is 33.9 Å². The molecule has 2 rings (SSSR count). The fourth-order valence-electron chi connectivity index (χ4n) is 2.68. The third-order valence-corrected chi connectivity index (χ3v) is 4.01. The summed E-state index contributed by atoms with van der Waals surface area (Å²) in [4.78, 5) is 10.9. The SMILES string of the molecule is CC(C)C1CCCN(c2nccc(/C(N)=N/O)n2)CC1. The van der Waals surface area contributed by atoms with Gasteiger partial charge in [-0.1, -0.05) is 19.0 Å². The third-order valence-electron chi connectivity index (χ3n) is 4.01. The van der Waals surface area contributed by atoms with Gasteiger partial charge < -0.3 is 15.8 Å². The lowest BCUT2D eigenvalue weighted by Crippen LogP contribution is -2.27. The lowest BCUT2D eigenvalue weighted by atomic mass is 9.89. The Morgan fingerprint density at radius 2 is 2.25 bits per heavy atom. The molecule has 1 aromatic rings. The summed E-state index contributed by atoms with van der Waals surface area (Å²) < 4.78 is 0. The fourth-order valence-corrected chi connectivity index (χ4v) is 2.68. The van der Waals surface area contributed by atoms with Crippen LogP contribution in [-0.4, -0.2) is 34.1 Å². The van der Waals surface area contributed by atoms with Crippen molar-refractivity contribution in [1.29, 1.82) is 0 Å². The number of rotatable bonds is 3. The molecule has 0 saturated carbocycles. The molecule has 110 valence electrons. The van der Waals surface area contributed by atoms with E-state index in [0.717, 1.165) is 37.8 Å². The average Bonchev–Trinajstić information content (AvgIpc) is 2.72. The highest BCUT2D eigenvalue weighted by Gasteiger charge is 2.21. The molecule has 0 aliphatic carbocycles. The van der Waals surface area contributed by atoms with E-state index in [-0.39, 0.29) is 5.84 Å². The third kappa shape index (κ3) is 3.37. The Bertz CT molecular complexity index is 474. The second-order valence-corrected chi connectivity index (χ2v) is 5.65. The van der Waals surface area contributed by atoms with Crippen molar-refractivity contribution in [2.75, 3.05) is 18.0 Å². The molecule has 1 unspecified atom stereocenters. The zero-order valence-electron chi connectivity index (χ0n) is 12.2. The van der Waals surface area contributed by atoms with Gasteiger partial charge in [0.25, 0.3) is 0 Å². The smallest absolute Gasteiger partial charge is 0.225 e. The highest BCUT2D eigenvalue weighted by atomic mass is 16.4. The Kier molecular flexibility index (Phi) is 4.76. The predicted molar refractivity (Wildman–Crippen MR) is 78.9 cm³/mol. The minimum atomic E-state index is 0.0172. The van der Waals surface area contributed by atoms with E-state index in [4.69, 9.17) is 10.9 Å². The molecule has 0 radical (unpaired) electrons. The van der Waals surface area contributed by atoms with Crippen LogP contribution in [-0.2, 0) is 0 Å². The number of amidine groups is 1. The summed E-state index contributed by atoms with van der Waals surface area (Å²) in [5.41, 5.74) is 6.04. The van der Waals surface area contributed by atoms with Gasteiger partial charge in [-0.05, 0) is 37.2 Å². The highest BCUT2D eigenvalue weighted by Crippen LogP contribution is 2.25. The molecule has 3 N–H and O–H groups in total. The van der Waals surface area contributed by atoms with Crippen LogP contribution >= 0.6 is 0 Å². The summed E-state index contributed by atoms with van der Waals surface area (Å²) in [7, 11) is 0. The monoisotopic (exact) mass is 277 g/mol. The molecule has 2 heterocycles. The second-order valence-electron chi connectivity index (χ2n) is 5.65. The maximum atomic E-state index is 8.72. The predicted octanol–water partition coefficient (Wildman–Crippen LogP) is 1.83. The van der Waals surface area contributed by atoms with Gasteiger partial charge in [-0.3, -0.25) is 0 Å². The molecule has 1 saturated heterocycles. The largest absolute Gasteiger partial charge is 0.409 e. The molecule has 1 aliphatic heterocycles. The number of nitrogens with two attached hydrogens (primary N) is 1. The number of nitrogens with zero attached hydrogens (tertiary/aromatic N) is 4. The number of anilines is 1. The molecule has 0 amide bonds. The zero-order chi connectivity index (χ0) is 14.5. The Labute approximate surface area is 119 Å². The number of oxime groups is 1. The molecule has 1 aliphatic rings. The molecule has 0 spiro atoms. The van der Waals surface area contributed by atoms with Crippen LogP contribution in [0.5, 0.6) is 0 Å². The van der Waals surface area contributed by atoms with Gasteiger partial charge in [0.2, 0.25) is 5.95 Å². The molecule has 1 atom stereocenters. The Hall–Kier alpha value is -1.85. The standard InChI is InChI=1S/C14H23N5O/c1-10(2)11-4-3-8-19(9-6-11)14-16-7-5-12(17-14)13(15)18-20/h5,7,10-11,20H,3-4,6,8-9H2,1-2H3,(H2,15,18). The molecule has 20 heavy (non-hydrogen) atoms. The lowest BCUT2D eigenvalue weighted by molar-refractivity contribution is 0.318. The van der Waals surface area contributed by atoms with E-state index in [0.29, 0.717) is 11.6 Å². The maximum Gasteiger partial charge on any atom is 0.225 e. The summed E-state index contributed by atoms with van der Waals surface area (Å²) in [5, 5.41) is 11.7. The molecule has 1 aromatic heterocycles. The normalized spacial score (nSPS) is 21.1. The minimum Gasteiger partial charge on any atom is -0.409 e. The van der Waals surface area contributed by atoms with Crippen LogP contribution in [0.3, 0.4) is 0 Å². The molecule has 6 nitrogen and oxygen atoms in total. The first kappa shape index (κ1) is 14.6. The highest BCUT2D eigenvalue weighted by molar-refractivity contribution is 5.95. The van der Waals surface area contributed by atoms with Crippen molar-refractivity contribution in [3.05, 3.63) is 18.0 Å². The van der Waals surface area contributed by atoms with Crippen LogP contribution in [0.4, 0.5) is 5.95 Å². The minimum absolute atomic E-state index is 0.0172. The van der Waals surface area contributed by atoms with Crippen molar-refractivity contribution in [1.82, 2.24) is 9.97 Å². The topological polar surface area (TPSA) is 87.6 Å². The Balaban J connectivity index is 2.12. The summed E-state index contributed by atoms with van der Waals surface area (Å²) in [6.07, 6.45) is 5.23. The van der Waals surface area contributed by atoms with Crippen LogP contribution in [0.15, 0.2) is 17.4 Å². The summed E-state index contributed by atoms with van der Waals surface area (Å²) in [6.45, 7) is 6.50. The van der Waals surface area contributed by atoms with Crippen molar-refractivity contribution in [2.24, 2.45) is 22.7 Å². The quantitative estimate of drug-likeness (QED) is 0.381. The molecule has 1 fully saturated rings. The van der Waals surface area contributed by atoms with Crippen molar-refractivity contribution in [2.45, 2.75) is 33.1 Å². The van der Waals surface area contributed by atoms with Crippen molar-refractivity contribution in [3.63, 3.8) is 0 Å². The average molecular weight is 277 g/mol. The van der Waals surface area contributed by atoms with Gasteiger partial charge in [0, 0.05) is 19.3 Å². The first-order chi connectivity index (χ1) is 9.61. The summed E-state index contributed by atoms with van der Waals surface area (Å²) in [6, 6.07) is 1.65. The van der Waals surface area contributed by atoms with Gasteiger partial charge >= 0.3 is 0 Å². The molecule has 0 bridgehead atoms. The van der Waals surface area contributed by atoms with E-state index < -0.39 is 0 Å². The number of aromatic nitrogens is 2. The fraction of sp³-hybridized carbons (Fsp3) is 0.643. The Morgan fingerprint density at radius 3 is 2.95 bits per heavy atom. The first-order valence-electron chi connectivity index (χ1n) is 7.17. The van der Waals surface area contributed by atoms with Crippen LogP contribution in [0.2, 0.25) is 0 Å². The van der Waals surface area contributed by atoms with Crippen LogP contribution in [0.1, 0.15) is 38.8 Å². The van der Waals surface area contributed by atoms with Crippen LogP contribution in [0.25, 0.3) is 0 Å². The van der Waals surface area contributed by atoms with Gasteiger partial charge in [-0.25, -0.2) is 9.97 Å². The van der Waals surface area contributed by atoms with Gasteiger partial charge in [0.15, 0.2) is 5.84 Å². The van der Waals surface area contributed by atoms with Crippen LogP contribution < -0.4 is 10.6 Å². The second kappa shape index (κ2) is 6.54. The summed E-state index contributed by atoms with van der Waals surface area (Å²) in [5.74, 6) is 2.17.